The molecule has 222 valence electrons. The molecule has 6 aromatic heterocycles. The highest BCUT2D eigenvalue weighted by molar-refractivity contribution is 5.87. The third kappa shape index (κ3) is 5.05. The normalized spacial score (nSPS) is 11.3. The van der Waals surface area contributed by atoms with Gasteiger partial charge in [-0.15, -0.1) is 30.6 Å². The fourth-order valence-electron chi connectivity index (χ4n) is 5.56. The number of aromatic nitrogens is 9. The van der Waals surface area contributed by atoms with Gasteiger partial charge >= 0.3 is 0 Å². The fourth-order valence-corrected chi connectivity index (χ4v) is 5.56. The number of benzene rings is 1. The van der Waals surface area contributed by atoms with Crippen LogP contribution in [0, 0.1) is 0 Å². The van der Waals surface area contributed by atoms with Crippen LogP contribution in [0.25, 0.3) is 68.7 Å². The number of hydrogen-bond acceptors (Lipinski definition) is 12. The summed E-state index contributed by atoms with van der Waals surface area (Å²) in [7, 11) is 0. The Morgan fingerprint density at radius 3 is 0.867 bits per heavy atom. The minimum atomic E-state index is 0.364. The Labute approximate surface area is 257 Å². The summed E-state index contributed by atoms with van der Waals surface area (Å²) in [5.41, 5.74) is 7.46. The molecule has 0 aliphatic carbocycles. The summed E-state index contributed by atoms with van der Waals surface area (Å²) in [6.07, 6.45) is 12.0. The summed E-state index contributed by atoms with van der Waals surface area (Å²) >= 11 is 0. The van der Waals surface area contributed by atoms with Crippen molar-refractivity contribution < 1.29 is 13.3 Å². The van der Waals surface area contributed by atoms with E-state index in [2.05, 4.69) is 66.3 Å². The van der Waals surface area contributed by atoms with Gasteiger partial charge in [-0.1, -0.05) is 20.8 Å². The van der Waals surface area contributed by atoms with E-state index in [1.165, 1.54) is 0 Å². The van der Waals surface area contributed by atoms with Gasteiger partial charge in [-0.05, 0) is 72.4 Å². The Morgan fingerprint density at radius 1 is 0.378 bits per heavy atom. The van der Waals surface area contributed by atoms with Crippen LogP contribution in [0.5, 0.6) is 0 Å². The first-order valence-electron chi connectivity index (χ1n) is 14.6. The van der Waals surface area contributed by atoms with Crippen LogP contribution in [-0.2, 0) is 19.3 Å². The van der Waals surface area contributed by atoms with Gasteiger partial charge in [0.15, 0.2) is 0 Å². The predicted molar refractivity (Wildman–Crippen MR) is 164 cm³/mol. The molecule has 6 heterocycles. The average Bonchev–Trinajstić information content (AvgIpc) is 3.90. The average molecular weight is 598 g/mol. The molecular weight excluding hydrogens is 570 g/mol. The van der Waals surface area contributed by atoms with E-state index >= 15 is 0 Å². The Morgan fingerprint density at radius 2 is 0.622 bits per heavy atom. The Kier molecular flexibility index (Phi) is 7.44. The van der Waals surface area contributed by atoms with Gasteiger partial charge in [0.05, 0.1) is 0 Å². The minimum Gasteiger partial charge on any atom is -0.416 e. The van der Waals surface area contributed by atoms with Crippen molar-refractivity contribution in [3.05, 3.63) is 90.3 Å². The third-order valence-corrected chi connectivity index (χ3v) is 7.57. The maximum absolute atomic E-state index is 6.35. The predicted octanol–water partition coefficient (Wildman–Crippen LogP) is 6.71. The van der Waals surface area contributed by atoms with Gasteiger partial charge in [-0.2, -0.15) is 0 Å². The highest BCUT2D eigenvalue weighted by Crippen LogP contribution is 2.45. The van der Waals surface area contributed by atoms with Gasteiger partial charge in [0.25, 0.3) is 0 Å². The number of rotatable bonds is 9. The second kappa shape index (κ2) is 12.0. The zero-order chi connectivity index (χ0) is 30.8. The summed E-state index contributed by atoms with van der Waals surface area (Å²) in [6.45, 7) is 6.24. The van der Waals surface area contributed by atoms with Crippen LogP contribution in [0.15, 0.2) is 86.8 Å². The highest BCUT2D eigenvalue weighted by atomic mass is 16.4. The third-order valence-electron chi connectivity index (χ3n) is 7.57. The first-order chi connectivity index (χ1) is 22.2. The molecule has 45 heavy (non-hydrogen) atoms. The van der Waals surface area contributed by atoms with Crippen LogP contribution in [0.2, 0.25) is 0 Å². The summed E-state index contributed by atoms with van der Waals surface area (Å²) in [5, 5.41) is 26.7. The summed E-state index contributed by atoms with van der Waals surface area (Å²) in [4.78, 5) is 12.3. The molecule has 0 aliphatic rings. The highest BCUT2D eigenvalue weighted by Gasteiger charge is 2.31. The molecule has 0 amide bonds. The largest absolute Gasteiger partial charge is 0.416 e. The molecule has 0 fully saturated rings. The van der Waals surface area contributed by atoms with E-state index in [1.807, 2.05) is 36.4 Å². The van der Waals surface area contributed by atoms with Crippen LogP contribution in [0.1, 0.15) is 37.5 Å². The van der Waals surface area contributed by atoms with Gasteiger partial charge in [0, 0.05) is 70.6 Å². The molecule has 0 saturated carbocycles. The second-order valence-corrected chi connectivity index (χ2v) is 10.1. The quantitative estimate of drug-likeness (QED) is 0.174. The molecule has 0 radical (unpaired) electrons. The maximum atomic E-state index is 6.35. The second-order valence-electron chi connectivity index (χ2n) is 10.1. The zero-order valence-electron chi connectivity index (χ0n) is 24.8. The Bertz CT molecular complexity index is 1810. The van der Waals surface area contributed by atoms with Crippen LogP contribution >= 0.6 is 0 Å². The van der Waals surface area contributed by atoms with Crippen molar-refractivity contribution in [1.82, 2.24) is 45.5 Å². The first kappa shape index (κ1) is 27.9. The van der Waals surface area contributed by atoms with Crippen LogP contribution in [-0.4, -0.2) is 45.5 Å². The summed E-state index contributed by atoms with van der Waals surface area (Å²) < 4.78 is 19.0. The molecule has 0 unspecified atom stereocenters. The van der Waals surface area contributed by atoms with Crippen LogP contribution in [0.3, 0.4) is 0 Å². The molecule has 12 heteroatoms. The zero-order valence-corrected chi connectivity index (χ0v) is 24.8. The lowest BCUT2D eigenvalue weighted by Crippen LogP contribution is -2.07. The lowest BCUT2D eigenvalue weighted by molar-refractivity contribution is 0.576. The molecule has 0 saturated heterocycles. The van der Waals surface area contributed by atoms with E-state index in [0.29, 0.717) is 54.6 Å². The van der Waals surface area contributed by atoms with E-state index < -0.39 is 0 Å². The molecule has 0 atom stereocenters. The molecule has 7 aromatic rings. The van der Waals surface area contributed by atoms with E-state index in [9.17, 15) is 0 Å². The molecule has 0 N–H and O–H groups in total. The lowest BCUT2D eigenvalue weighted by atomic mass is 9.83. The number of nitrogens with zero attached hydrogens (tertiary/aromatic N) is 9. The van der Waals surface area contributed by atoms with Gasteiger partial charge in [0.1, 0.15) is 0 Å². The van der Waals surface area contributed by atoms with Crippen molar-refractivity contribution in [1.29, 1.82) is 0 Å². The van der Waals surface area contributed by atoms with Gasteiger partial charge in [-0.3, -0.25) is 15.0 Å². The Balaban J connectivity index is 1.50. The molecule has 0 spiro atoms. The van der Waals surface area contributed by atoms with Gasteiger partial charge < -0.3 is 13.3 Å². The Hall–Kier alpha value is -5.91. The maximum Gasteiger partial charge on any atom is 0.248 e. The van der Waals surface area contributed by atoms with Crippen molar-refractivity contribution in [2.75, 3.05) is 0 Å². The SMILES string of the molecule is CCc1c(-c2nnc(-c3ccncc3)o2)c(CC)c(-c2nnc(-c3ccncc3)o2)c(CC)c1-c1nnc(-c2ccncc2)o1. The lowest BCUT2D eigenvalue weighted by Gasteiger charge is -2.21. The molecular formula is C33H27N9O3. The molecule has 7 rings (SSSR count). The van der Waals surface area contributed by atoms with E-state index in [0.717, 1.165) is 50.1 Å². The topological polar surface area (TPSA) is 155 Å². The van der Waals surface area contributed by atoms with Crippen molar-refractivity contribution in [3.8, 4) is 68.7 Å². The summed E-state index contributed by atoms with van der Waals surface area (Å²) in [6, 6.07) is 11.0. The molecule has 0 bridgehead atoms. The monoisotopic (exact) mass is 597 g/mol. The van der Waals surface area contributed by atoms with Crippen molar-refractivity contribution in [2.45, 2.75) is 40.0 Å². The van der Waals surface area contributed by atoms with E-state index in [4.69, 9.17) is 13.3 Å². The number of pyridine rings is 3. The molecule has 12 nitrogen and oxygen atoms in total. The van der Waals surface area contributed by atoms with E-state index in [1.54, 1.807) is 37.2 Å². The van der Waals surface area contributed by atoms with Gasteiger partial charge in [0.2, 0.25) is 35.3 Å². The number of hydrogen-bond donors (Lipinski definition) is 0. The van der Waals surface area contributed by atoms with E-state index in [-0.39, 0.29) is 0 Å². The molecule has 0 aliphatic heterocycles. The summed E-state index contributed by atoms with van der Waals surface area (Å²) in [5.74, 6) is 2.24. The van der Waals surface area contributed by atoms with Crippen molar-refractivity contribution in [3.63, 3.8) is 0 Å². The van der Waals surface area contributed by atoms with Gasteiger partial charge in [-0.25, -0.2) is 0 Å². The van der Waals surface area contributed by atoms with Crippen molar-refractivity contribution in [2.24, 2.45) is 0 Å². The van der Waals surface area contributed by atoms with Crippen LogP contribution in [0.4, 0.5) is 0 Å². The smallest absolute Gasteiger partial charge is 0.248 e. The standard InChI is InChI=1S/C33H27N9O3/c1-4-22-25(31-40-37-28(43-31)19-7-13-34-14-8-19)23(5-2)27(33-42-39-30(45-33)21-11-17-36-18-12-21)24(6-3)26(22)32-41-38-29(44-32)20-9-15-35-16-10-20/h7-18H,4-6H2,1-3H3. The van der Waals surface area contributed by atoms with Crippen LogP contribution < -0.4 is 0 Å². The van der Waals surface area contributed by atoms with Crippen molar-refractivity contribution >= 4 is 0 Å². The minimum absolute atomic E-state index is 0.364. The first-order valence-corrected chi connectivity index (χ1v) is 14.6. The fraction of sp³-hybridized carbons (Fsp3) is 0.182. The molecule has 1 aromatic carbocycles.